The Balaban J connectivity index is 1.79. The van der Waals surface area contributed by atoms with Crippen molar-refractivity contribution < 1.29 is 24.9 Å². The van der Waals surface area contributed by atoms with Crippen LogP contribution in [0, 0.1) is 5.92 Å². The van der Waals surface area contributed by atoms with E-state index in [4.69, 9.17) is 5.11 Å². The molecule has 3 rings (SSSR count). The Bertz CT molecular complexity index is 1030. The topological polar surface area (TPSA) is 153 Å². The molecular formula is C21H25N3O7. The highest BCUT2D eigenvalue weighted by Gasteiger charge is 2.44. The van der Waals surface area contributed by atoms with E-state index in [9.17, 15) is 29.4 Å². The van der Waals surface area contributed by atoms with Crippen molar-refractivity contribution in [2.45, 2.75) is 44.1 Å². The van der Waals surface area contributed by atoms with E-state index in [1.807, 2.05) is 30.3 Å². The second kappa shape index (κ2) is 9.71. The number of carbonyl (C=O) groups is 2. The quantitative estimate of drug-likeness (QED) is 0.448. The van der Waals surface area contributed by atoms with Gasteiger partial charge in [-0.25, -0.2) is 4.79 Å². The predicted octanol–water partition coefficient (Wildman–Crippen LogP) is -0.287. The number of hydrogen-bond acceptors (Lipinski definition) is 6. The number of aliphatic carboxylic acids is 1. The van der Waals surface area contributed by atoms with Crippen molar-refractivity contribution in [3.63, 3.8) is 0 Å². The van der Waals surface area contributed by atoms with E-state index in [1.165, 1.54) is 11.1 Å². The molecule has 1 amide bonds. The first-order chi connectivity index (χ1) is 14.8. The van der Waals surface area contributed by atoms with Crippen LogP contribution in [0.3, 0.4) is 0 Å². The number of nitrogens with zero attached hydrogens (tertiary/aromatic N) is 2. The first kappa shape index (κ1) is 22.4. The van der Waals surface area contributed by atoms with Crippen molar-refractivity contribution in [2.24, 2.45) is 5.92 Å². The Kier molecular flexibility index (Phi) is 7.03. The molecule has 31 heavy (non-hydrogen) atoms. The van der Waals surface area contributed by atoms with Crippen molar-refractivity contribution in [3.05, 3.63) is 69.0 Å². The van der Waals surface area contributed by atoms with Gasteiger partial charge >= 0.3 is 11.7 Å². The number of carboxylic acid groups (broad SMARTS) is 1. The molecule has 1 saturated carbocycles. The Hall–Kier alpha value is -3.24. The number of aromatic nitrogens is 2. The lowest BCUT2D eigenvalue weighted by atomic mass is 10.0. The number of hydrogen-bond donors (Lipinski definition) is 4. The first-order valence-electron chi connectivity index (χ1n) is 9.97. The fourth-order valence-electron chi connectivity index (χ4n) is 4.00. The van der Waals surface area contributed by atoms with E-state index in [-0.39, 0.29) is 38.3 Å². The van der Waals surface area contributed by atoms with Gasteiger partial charge in [0.05, 0.1) is 24.7 Å². The van der Waals surface area contributed by atoms with Gasteiger partial charge in [-0.2, -0.15) is 0 Å². The molecule has 0 spiro atoms. The highest BCUT2D eigenvalue weighted by Crippen LogP contribution is 2.35. The SMILES string of the molecule is O=C(O)CCC(=O)N(Cc1ccccc1)C[C@@H]1C[C@H](O)[C@@H](n2ccc(=O)[nH]c2=O)[C@@H]1O. The molecule has 0 radical (unpaired) electrons. The molecule has 0 bridgehead atoms. The molecule has 0 aliphatic heterocycles. The second-order valence-corrected chi connectivity index (χ2v) is 7.72. The Morgan fingerprint density at radius 2 is 1.81 bits per heavy atom. The van der Waals surface area contributed by atoms with Crippen LogP contribution in [0.5, 0.6) is 0 Å². The molecule has 4 N–H and O–H groups in total. The zero-order valence-corrected chi connectivity index (χ0v) is 16.8. The van der Waals surface area contributed by atoms with E-state index in [1.54, 1.807) is 0 Å². The molecule has 1 aliphatic carbocycles. The number of aromatic amines is 1. The maximum Gasteiger partial charge on any atom is 0.328 e. The standard InChI is InChI=1S/C21H25N3O7/c25-15-10-14(20(30)19(15)24-9-8-16(26)22-21(24)31)12-23(17(27)6-7-18(28)29)11-13-4-2-1-3-5-13/h1-5,8-9,14-15,19-20,25,30H,6-7,10-12H2,(H,28,29)(H,22,26,31)/t14-,15-,19+,20+/m0/s1. The number of aliphatic hydroxyl groups excluding tert-OH is 2. The van der Waals surface area contributed by atoms with Crippen LogP contribution in [0.4, 0.5) is 0 Å². The van der Waals surface area contributed by atoms with Crippen LogP contribution in [0.25, 0.3) is 0 Å². The van der Waals surface area contributed by atoms with Crippen LogP contribution in [0.2, 0.25) is 0 Å². The van der Waals surface area contributed by atoms with Crippen LogP contribution in [-0.4, -0.2) is 60.4 Å². The van der Waals surface area contributed by atoms with Gasteiger partial charge in [-0.05, 0) is 12.0 Å². The fraction of sp³-hybridized carbons (Fsp3) is 0.429. The Morgan fingerprint density at radius 3 is 2.45 bits per heavy atom. The van der Waals surface area contributed by atoms with Crippen LogP contribution in [-0.2, 0) is 16.1 Å². The van der Waals surface area contributed by atoms with Gasteiger partial charge in [0.15, 0.2) is 0 Å². The molecule has 0 unspecified atom stereocenters. The third kappa shape index (κ3) is 5.47. The van der Waals surface area contributed by atoms with E-state index in [0.29, 0.717) is 0 Å². The van der Waals surface area contributed by atoms with Gasteiger partial charge in [-0.3, -0.25) is 23.9 Å². The predicted molar refractivity (Wildman–Crippen MR) is 109 cm³/mol. The van der Waals surface area contributed by atoms with Gasteiger partial charge in [-0.15, -0.1) is 0 Å². The summed E-state index contributed by atoms with van der Waals surface area (Å²) >= 11 is 0. The van der Waals surface area contributed by atoms with Crippen molar-refractivity contribution in [1.82, 2.24) is 14.5 Å². The fourth-order valence-corrected chi connectivity index (χ4v) is 4.00. The van der Waals surface area contributed by atoms with Gasteiger partial charge in [0.1, 0.15) is 0 Å². The number of rotatable bonds is 8. The summed E-state index contributed by atoms with van der Waals surface area (Å²) in [6.45, 7) is 0.308. The van der Waals surface area contributed by atoms with Gasteiger partial charge in [-0.1, -0.05) is 30.3 Å². The smallest absolute Gasteiger partial charge is 0.328 e. The molecule has 1 heterocycles. The number of carbonyl (C=O) groups excluding carboxylic acids is 1. The van der Waals surface area contributed by atoms with Gasteiger partial charge in [0.2, 0.25) is 5.91 Å². The van der Waals surface area contributed by atoms with Gasteiger partial charge in [0, 0.05) is 37.7 Å². The monoisotopic (exact) mass is 431 g/mol. The molecule has 1 aromatic carbocycles. The van der Waals surface area contributed by atoms with Crippen LogP contribution in [0.1, 0.15) is 30.9 Å². The summed E-state index contributed by atoms with van der Waals surface area (Å²) in [5.41, 5.74) is -0.486. The number of nitrogens with one attached hydrogen (secondary N) is 1. The van der Waals surface area contributed by atoms with E-state index in [2.05, 4.69) is 4.98 Å². The lowest BCUT2D eigenvalue weighted by molar-refractivity contribution is -0.141. The Morgan fingerprint density at radius 1 is 1.10 bits per heavy atom. The maximum atomic E-state index is 12.7. The average Bonchev–Trinajstić information content (AvgIpc) is 3.00. The van der Waals surface area contributed by atoms with Crippen molar-refractivity contribution in [3.8, 4) is 0 Å². The zero-order valence-electron chi connectivity index (χ0n) is 16.8. The lowest BCUT2D eigenvalue weighted by Crippen LogP contribution is -2.41. The third-order valence-corrected chi connectivity index (χ3v) is 5.52. The average molecular weight is 431 g/mol. The van der Waals surface area contributed by atoms with Crippen molar-refractivity contribution >= 4 is 11.9 Å². The summed E-state index contributed by atoms with van der Waals surface area (Å²) in [5.74, 6) is -2.00. The van der Waals surface area contributed by atoms with Crippen molar-refractivity contribution in [1.29, 1.82) is 0 Å². The van der Waals surface area contributed by atoms with Crippen LogP contribution < -0.4 is 11.2 Å². The number of aliphatic hydroxyl groups is 2. The number of amides is 1. The van der Waals surface area contributed by atoms with Crippen molar-refractivity contribution in [2.75, 3.05) is 6.54 Å². The first-order valence-corrected chi connectivity index (χ1v) is 9.97. The van der Waals surface area contributed by atoms with E-state index >= 15 is 0 Å². The third-order valence-electron chi connectivity index (χ3n) is 5.52. The summed E-state index contributed by atoms with van der Waals surface area (Å²) in [5, 5.41) is 30.2. The van der Waals surface area contributed by atoms with Gasteiger partial charge < -0.3 is 20.2 Å². The molecule has 1 aliphatic rings. The molecule has 10 nitrogen and oxygen atoms in total. The Labute approximate surface area is 177 Å². The molecule has 1 fully saturated rings. The number of benzene rings is 1. The molecule has 1 aromatic heterocycles. The highest BCUT2D eigenvalue weighted by molar-refractivity contribution is 5.80. The largest absolute Gasteiger partial charge is 0.481 e. The minimum absolute atomic E-state index is 0.0835. The maximum absolute atomic E-state index is 12.7. The minimum Gasteiger partial charge on any atom is -0.481 e. The van der Waals surface area contributed by atoms with Crippen LogP contribution >= 0.6 is 0 Å². The molecule has 10 heteroatoms. The second-order valence-electron chi connectivity index (χ2n) is 7.72. The zero-order chi connectivity index (χ0) is 22.5. The van der Waals surface area contributed by atoms with E-state index in [0.717, 1.165) is 16.2 Å². The van der Waals surface area contributed by atoms with E-state index < -0.39 is 41.4 Å². The summed E-state index contributed by atoms with van der Waals surface area (Å²) in [6.07, 6.45) is -1.35. The summed E-state index contributed by atoms with van der Waals surface area (Å²) in [4.78, 5) is 50.6. The van der Waals surface area contributed by atoms with Crippen LogP contribution in [0.15, 0.2) is 52.2 Å². The molecule has 166 valence electrons. The molecule has 2 aromatic rings. The number of H-pyrrole nitrogens is 1. The summed E-state index contributed by atoms with van der Waals surface area (Å²) in [7, 11) is 0. The molecule has 0 saturated heterocycles. The highest BCUT2D eigenvalue weighted by atomic mass is 16.4. The lowest BCUT2D eigenvalue weighted by Gasteiger charge is -2.28. The molecule has 4 atom stereocenters. The molecular weight excluding hydrogens is 406 g/mol. The number of carboxylic acids is 1. The summed E-state index contributed by atoms with van der Waals surface area (Å²) in [6, 6.07) is 9.31. The summed E-state index contributed by atoms with van der Waals surface area (Å²) < 4.78 is 1.09. The minimum atomic E-state index is -1.15. The normalized spacial score (nSPS) is 22.9. The van der Waals surface area contributed by atoms with Gasteiger partial charge in [0.25, 0.3) is 5.56 Å².